The Hall–Kier alpha value is -2.21. The molecule has 1 aromatic carbocycles. The van der Waals surface area contributed by atoms with E-state index in [1.807, 2.05) is 30.0 Å². The summed E-state index contributed by atoms with van der Waals surface area (Å²) < 4.78 is 0.845. The quantitative estimate of drug-likeness (QED) is 0.862. The molecule has 1 fully saturated rings. The van der Waals surface area contributed by atoms with Crippen LogP contribution in [0.1, 0.15) is 10.4 Å². The Kier molecular flexibility index (Phi) is 4.48. The molecule has 5 nitrogen and oxygen atoms in total. The smallest absolute Gasteiger partial charge is 0.281 e. The number of aromatic nitrogens is 1. The molecule has 0 spiro atoms. The van der Waals surface area contributed by atoms with Gasteiger partial charge in [0.2, 0.25) is 0 Å². The van der Waals surface area contributed by atoms with Crippen molar-refractivity contribution in [2.24, 2.45) is 4.99 Å². The predicted molar refractivity (Wildman–Crippen MR) is 87.5 cm³/mol. The van der Waals surface area contributed by atoms with Crippen LogP contribution < -0.4 is 10.4 Å². The topological polar surface area (TPSA) is 57.8 Å². The van der Waals surface area contributed by atoms with Gasteiger partial charge in [0.05, 0.1) is 5.56 Å². The fourth-order valence-electron chi connectivity index (χ4n) is 2.41. The molecule has 0 saturated carbocycles. The second kappa shape index (κ2) is 6.70. The first-order chi connectivity index (χ1) is 10.8. The average Bonchev–Trinajstić information content (AvgIpc) is 2.58. The molecule has 0 radical (unpaired) electrons. The zero-order valence-corrected chi connectivity index (χ0v) is 12.9. The van der Waals surface area contributed by atoms with Gasteiger partial charge in [0.1, 0.15) is 0 Å². The lowest BCUT2D eigenvalue weighted by molar-refractivity contribution is 0.0988. The summed E-state index contributed by atoms with van der Waals surface area (Å²) >= 11 is 1.93. The van der Waals surface area contributed by atoms with Gasteiger partial charge < -0.3 is 10.1 Å². The third-order valence-corrected chi connectivity index (χ3v) is 4.46. The maximum atomic E-state index is 12.5. The van der Waals surface area contributed by atoms with E-state index in [4.69, 9.17) is 0 Å². The summed E-state index contributed by atoms with van der Waals surface area (Å²) in [6.45, 7) is 1.86. The maximum absolute atomic E-state index is 12.5. The number of anilines is 1. The van der Waals surface area contributed by atoms with Crippen molar-refractivity contribution in [3.8, 4) is 0 Å². The molecule has 1 amide bonds. The molecule has 0 bridgehead atoms. The van der Waals surface area contributed by atoms with E-state index in [0.29, 0.717) is 5.56 Å². The number of rotatable bonds is 2. The molecule has 2 aromatic rings. The minimum absolute atomic E-state index is 0.219. The number of carbonyl (C=O) groups excluding carboxylic acids is 1. The lowest BCUT2D eigenvalue weighted by Crippen LogP contribution is -2.33. The molecule has 2 heterocycles. The molecule has 0 unspecified atom stereocenters. The molecular weight excluding hydrogens is 298 g/mol. The summed E-state index contributed by atoms with van der Waals surface area (Å²) in [6, 6.07) is 12.5. The van der Waals surface area contributed by atoms with E-state index < -0.39 is 0 Å². The number of amides is 1. The Morgan fingerprint density at radius 2 is 1.82 bits per heavy atom. The van der Waals surface area contributed by atoms with Gasteiger partial charge in [-0.05, 0) is 24.3 Å². The second-order valence-corrected chi connectivity index (χ2v) is 6.16. The number of benzene rings is 1. The third-order valence-electron chi connectivity index (χ3n) is 3.52. The fourth-order valence-corrected chi connectivity index (χ4v) is 3.32. The number of nitrogens with zero attached hydrogens (tertiary/aromatic N) is 3. The van der Waals surface area contributed by atoms with Gasteiger partial charge in [-0.15, -0.1) is 0 Å². The SMILES string of the molecule is O=C(N=c1ccccn1O)c1ccccc1N1CCSCC1. The highest BCUT2D eigenvalue weighted by Gasteiger charge is 2.17. The highest BCUT2D eigenvalue weighted by Crippen LogP contribution is 2.24. The Morgan fingerprint density at radius 1 is 1.09 bits per heavy atom. The lowest BCUT2D eigenvalue weighted by Gasteiger charge is -2.29. The van der Waals surface area contributed by atoms with Crippen LogP contribution in [0.25, 0.3) is 0 Å². The van der Waals surface area contributed by atoms with Crippen LogP contribution in [0, 0.1) is 0 Å². The highest BCUT2D eigenvalue weighted by molar-refractivity contribution is 7.99. The Morgan fingerprint density at radius 3 is 2.59 bits per heavy atom. The summed E-state index contributed by atoms with van der Waals surface area (Å²) in [4.78, 5) is 18.8. The summed E-state index contributed by atoms with van der Waals surface area (Å²) in [7, 11) is 0. The number of para-hydroxylation sites is 1. The molecule has 6 heteroatoms. The van der Waals surface area contributed by atoms with Gasteiger partial charge in [0.25, 0.3) is 5.91 Å². The van der Waals surface area contributed by atoms with Gasteiger partial charge in [-0.2, -0.15) is 21.5 Å². The van der Waals surface area contributed by atoms with Crippen molar-refractivity contribution >= 4 is 23.4 Å². The summed E-state index contributed by atoms with van der Waals surface area (Å²) in [5.41, 5.74) is 1.70. The Labute approximate surface area is 132 Å². The van der Waals surface area contributed by atoms with Gasteiger partial charge >= 0.3 is 0 Å². The van der Waals surface area contributed by atoms with Crippen LogP contribution in [0.5, 0.6) is 0 Å². The lowest BCUT2D eigenvalue weighted by atomic mass is 10.1. The van der Waals surface area contributed by atoms with Gasteiger partial charge in [-0.1, -0.05) is 18.2 Å². The third kappa shape index (κ3) is 3.17. The molecule has 22 heavy (non-hydrogen) atoms. The van der Waals surface area contributed by atoms with Crippen molar-refractivity contribution in [3.63, 3.8) is 0 Å². The molecule has 1 aromatic heterocycles. The van der Waals surface area contributed by atoms with Crippen LogP contribution >= 0.6 is 11.8 Å². The molecular formula is C16H17N3O2S. The van der Waals surface area contributed by atoms with Crippen molar-refractivity contribution < 1.29 is 10.0 Å². The van der Waals surface area contributed by atoms with Crippen molar-refractivity contribution in [2.45, 2.75) is 0 Å². The van der Waals surface area contributed by atoms with E-state index in [9.17, 15) is 10.0 Å². The predicted octanol–water partition coefficient (Wildman–Crippen LogP) is 2.02. The molecule has 1 aliphatic rings. The van der Waals surface area contributed by atoms with Gasteiger partial charge in [-0.25, -0.2) is 0 Å². The van der Waals surface area contributed by atoms with Crippen LogP contribution in [0.3, 0.4) is 0 Å². The number of hydrogen-bond donors (Lipinski definition) is 1. The average molecular weight is 315 g/mol. The van der Waals surface area contributed by atoms with E-state index in [2.05, 4.69) is 9.89 Å². The summed E-state index contributed by atoms with van der Waals surface area (Å²) in [5, 5.41) is 9.68. The minimum Gasteiger partial charge on any atom is -0.427 e. The molecule has 1 N–H and O–H groups in total. The van der Waals surface area contributed by atoms with Crippen LogP contribution in [0.15, 0.2) is 53.7 Å². The van der Waals surface area contributed by atoms with Crippen molar-refractivity contribution in [3.05, 3.63) is 59.7 Å². The van der Waals surface area contributed by atoms with Crippen LogP contribution in [0.2, 0.25) is 0 Å². The van der Waals surface area contributed by atoms with Crippen LogP contribution in [-0.2, 0) is 0 Å². The Balaban J connectivity index is 1.96. The number of carbonyl (C=O) groups is 1. The highest BCUT2D eigenvalue weighted by atomic mass is 32.2. The summed E-state index contributed by atoms with van der Waals surface area (Å²) in [6.07, 6.45) is 1.44. The van der Waals surface area contributed by atoms with Crippen LogP contribution in [-0.4, -0.2) is 40.4 Å². The van der Waals surface area contributed by atoms with E-state index in [1.165, 1.54) is 6.20 Å². The molecule has 3 rings (SSSR count). The van der Waals surface area contributed by atoms with Crippen molar-refractivity contribution in [2.75, 3.05) is 29.5 Å². The Bertz CT molecular complexity index is 736. The number of hydrogen-bond acceptors (Lipinski definition) is 4. The van der Waals surface area contributed by atoms with Crippen LogP contribution in [0.4, 0.5) is 5.69 Å². The molecule has 1 aliphatic heterocycles. The van der Waals surface area contributed by atoms with E-state index in [0.717, 1.165) is 35.0 Å². The van der Waals surface area contributed by atoms with E-state index >= 15 is 0 Å². The van der Waals surface area contributed by atoms with Gasteiger partial charge in [0.15, 0.2) is 5.49 Å². The zero-order chi connectivity index (χ0) is 15.4. The standard InChI is InChI=1S/C16H17N3O2S/c20-16(17-15-7-3-4-8-19(15)21)13-5-1-2-6-14(13)18-9-11-22-12-10-18/h1-8,21H,9-12H2. The minimum atomic E-state index is -0.345. The molecule has 0 atom stereocenters. The van der Waals surface area contributed by atoms with E-state index in [1.54, 1.807) is 24.3 Å². The summed E-state index contributed by atoms with van der Waals surface area (Å²) in [5.74, 6) is 1.78. The fraction of sp³-hybridized carbons (Fsp3) is 0.250. The maximum Gasteiger partial charge on any atom is 0.281 e. The van der Waals surface area contributed by atoms with Crippen molar-refractivity contribution in [1.29, 1.82) is 0 Å². The largest absolute Gasteiger partial charge is 0.427 e. The monoisotopic (exact) mass is 315 g/mol. The zero-order valence-electron chi connectivity index (χ0n) is 12.1. The van der Waals surface area contributed by atoms with E-state index in [-0.39, 0.29) is 11.4 Å². The molecule has 1 saturated heterocycles. The molecule has 0 aliphatic carbocycles. The first-order valence-corrected chi connectivity index (χ1v) is 8.29. The van der Waals surface area contributed by atoms with Gasteiger partial charge in [-0.3, -0.25) is 4.79 Å². The van der Waals surface area contributed by atoms with Crippen molar-refractivity contribution in [1.82, 2.24) is 4.73 Å². The number of pyridine rings is 1. The normalized spacial score (nSPS) is 15.8. The molecule has 114 valence electrons. The second-order valence-electron chi connectivity index (χ2n) is 4.94. The first-order valence-electron chi connectivity index (χ1n) is 7.13. The number of thioether (sulfide) groups is 1. The first kappa shape index (κ1) is 14.7. The van der Waals surface area contributed by atoms with Gasteiger partial charge in [0, 0.05) is 36.5 Å².